The number of nitrogens with zero attached hydrogens (tertiary/aromatic N) is 3. The molecule has 0 aliphatic rings. The van der Waals surface area contributed by atoms with Gasteiger partial charge in [-0.1, -0.05) is 11.6 Å². The molecule has 1 aromatic heterocycles. The molecule has 3 aromatic rings. The van der Waals surface area contributed by atoms with Gasteiger partial charge in [-0.25, -0.2) is 36.3 Å². The first kappa shape index (κ1) is 24.6. The number of nitrogens with one attached hydrogen (secondary N) is 3. The van der Waals surface area contributed by atoms with Crippen LogP contribution in [-0.2, 0) is 10.0 Å². The predicted molar refractivity (Wildman–Crippen MR) is 121 cm³/mol. The number of hydrogen-bond donors (Lipinski definition) is 3. The van der Waals surface area contributed by atoms with Gasteiger partial charge in [0.2, 0.25) is 5.95 Å². The zero-order valence-corrected chi connectivity index (χ0v) is 19.1. The van der Waals surface area contributed by atoms with Crippen molar-refractivity contribution in [3.63, 3.8) is 0 Å². The van der Waals surface area contributed by atoms with Crippen molar-refractivity contribution in [2.45, 2.75) is 4.90 Å². The minimum atomic E-state index is -4.46. The fraction of sp³-hybridized carbons (Fsp3) is 0.200. The Morgan fingerprint density at radius 1 is 1.03 bits per heavy atom. The molecule has 0 atom stereocenters. The number of benzene rings is 2. The topological polar surface area (TPSA) is 99.2 Å². The Hall–Kier alpha value is -3.09. The first-order valence-corrected chi connectivity index (χ1v) is 11.4. The summed E-state index contributed by atoms with van der Waals surface area (Å²) in [5, 5.41) is 5.80. The van der Waals surface area contributed by atoms with E-state index in [1.54, 1.807) is 19.0 Å². The third-order valence-electron chi connectivity index (χ3n) is 4.49. The summed E-state index contributed by atoms with van der Waals surface area (Å²) in [7, 11) is -0.908. The van der Waals surface area contributed by atoms with Gasteiger partial charge in [-0.2, -0.15) is 0 Å². The van der Waals surface area contributed by atoms with E-state index < -0.39 is 38.3 Å². The maximum absolute atomic E-state index is 14.8. The zero-order valence-electron chi connectivity index (χ0n) is 17.5. The second-order valence-electron chi connectivity index (χ2n) is 6.90. The van der Waals surface area contributed by atoms with E-state index >= 15 is 0 Å². The standard InChI is InChI=1S/C20H20ClF3N6O2S/c1-25-5-6-30(2)18-7-12(22)3-4-16(18)28-17-9-15(24)19(8-14(17)21)33(31,32)29-20-26-10-13(23)11-27-20/h3-4,7-11,25,28H,5-6H2,1-2H3,(H,26,27,29). The first-order valence-electron chi connectivity index (χ1n) is 9.52. The molecule has 0 bridgehead atoms. The Morgan fingerprint density at radius 2 is 1.73 bits per heavy atom. The molecule has 0 radical (unpaired) electrons. The van der Waals surface area contributed by atoms with Gasteiger partial charge in [0.25, 0.3) is 10.0 Å². The van der Waals surface area contributed by atoms with Gasteiger partial charge in [-0.15, -0.1) is 0 Å². The molecule has 3 rings (SSSR count). The molecule has 0 fully saturated rings. The zero-order chi connectivity index (χ0) is 24.2. The smallest absolute Gasteiger partial charge is 0.267 e. The van der Waals surface area contributed by atoms with E-state index in [-0.39, 0.29) is 10.7 Å². The number of hydrogen-bond acceptors (Lipinski definition) is 7. The van der Waals surface area contributed by atoms with Gasteiger partial charge >= 0.3 is 0 Å². The highest BCUT2D eigenvalue weighted by atomic mass is 35.5. The summed E-state index contributed by atoms with van der Waals surface area (Å²) >= 11 is 6.23. The number of sulfonamides is 1. The molecule has 1 heterocycles. The molecule has 2 aromatic carbocycles. The summed E-state index contributed by atoms with van der Waals surface area (Å²) in [5.74, 6) is -2.77. The second-order valence-corrected chi connectivity index (χ2v) is 8.96. The molecule has 0 spiro atoms. The molecule has 13 heteroatoms. The summed E-state index contributed by atoms with van der Waals surface area (Å²) < 4.78 is 68.6. The monoisotopic (exact) mass is 500 g/mol. The first-order chi connectivity index (χ1) is 15.6. The van der Waals surface area contributed by atoms with Crippen molar-refractivity contribution in [3.05, 3.63) is 65.2 Å². The Morgan fingerprint density at radius 3 is 2.39 bits per heavy atom. The largest absolute Gasteiger partial charge is 0.372 e. The van der Waals surface area contributed by atoms with Crippen LogP contribution in [0.2, 0.25) is 5.02 Å². The highest BCUT2D eigenvalue weighted by Crippen LogP contribution is 2.34. The van der Waals surface area contributed by atoms with E-state index in [9.17, 15) is 21.6 Å². The Balaban J connectivity index is 1.90. The van der Waals surface area contributed by atoms with Crippen LogP contribution in [-0.4, -0.2) is 45.6 Å². The molecule has 0 aliphatic heterocycles. The summed E-state index contributed by atoms with van der Waals surface area (Å²) in [6.45, 7) is 1.20. The van der Waals surface area contributed by atoms with E-state index in [0.717, 1.165) is 24.5 Å². The molecule has 8 nitrogen and oxygen atoms in total. The maximum Gasteiger partial charge on any atom is 0.267 e. The summed E-state index contributed by atoms with van der Waals surface area (Å²) in [5.41, 5.74) is 0.999. The molecular weight excluding hydrogens is 481 g/mol. The van der Waals surface area contributed by atoms with Crippen molar-refractivity contribution in [1.29, 1.82) is 0 Å². The van der Waals surface area contributed by atoms with Gasteiger partial charge in [-0.3, -0.25) is 0 Å². The van der Waals surface area contributed by atoms with Crippen molar-refractivity contribution in [2.75, 3.05) is 42.1 Å². The van der Waals surface area contributed by atoms with Gasteiger partial charge in [0.1, 0.15) is 16.5 Å². The lowest BCUT2D eigenvalue weighted by Crippen LogP contribution is -2.27. The van der Waals surface area contributed by atoms with Crippen LogP contribution in [0.5, 0.6) is 0 Å². The third kappa shape index (κ3) is 6.03. The Kier molecular flexibility index (Phi) is 7.61. The van der Waals surface area contributed by atoms with Gasteiger partial charge in [-0.05, 0) is 31.3 Å². The lowest BCUT2D eigenvalue weighted by Gasteiger charge is -2.23. The molecule has 0 saturated carbocycles. The highest BCUT2D eigenvalue weighted by Gasteiger charge is 2.23. The molecule has 0 saturated heterocycles. The van der Waals surface area contributed by atoms with E-state index in [2.05, 4.69) is 20.6 Å². The average molecular weight is 501 g/mol. The van der Waals surface area contributed by atoms with Crippen LogP contribution in [0, 0.1) is 17.5 Å². The summed E-state index contributed by atoms with van der Waals surface area (Å²) in [6.07, 6.45) is 1.52. The number of likely N-dealkylation sites (N-methyl/N-ethyl adjacent to an activating group) is 2. The van der Waals surface area contributed by atoms with E-state index in [4.69, 9.17) is 11.6 Å². The van der Waals surface area contributed by atoms with Crippen LogP contribution in [0.15, 0.2) is 47.6 Å². The van der Waals surface area contributed by atoms with Crippen LogP contribution < -0.4 is 20.3 Å². The van der Waals surface area contributed by atoms with Crippen LogP contribution in [0.25, 0.3) is 0 Å². The molecular formula is C20H20ClF3N6O2S. The Bertz CT molecular complexity index is 1250. The highest BCUT2D eigenvalue weighted by molar-refractivity contribution is 7.92. The number of anilines is 4. The van der Waals surface area contributed by atoms with Crippen LogP contribution >= 0.6 is 11.6 Å². The fourth-order valence-electron chi connectivity index (χ4n) is 2.84. The van der Waals surface area contributed by atoms with Gasteiger partial charge in [0.15, 0.2) is 5.82 Å². The van der Waals surface area contributed by atoms with Crippen molar-refractivity contribution < 1.29 is 21.6 Å². The summed E-state index contributed by atoms with van der Waals surface area (Å²) in [4.78, 5) is 8.01. The predicted octanol–water partition coefficient (Wildman–Crippen LogP) is 3.75. The van der Waals surface area contributed by atoms with Gasteiger partial charge in [0.05, 0.1) is 34.5 Å². The fourth-order valence-corrected chi connectivity index (χ4v) is 4.16. The van der Waals surface area contributed by atoms with Crippen LogP contribution in [0.4, 0.5) is 36.2 Å². The van der Waals surface area contributed by atoms with Crippen molar-refractivity contribution in [3.8, 4) is 0 Å². The Labute approximate surface area is 193 Å². The lowest BCUT2D eigenvalue weighted by atomic mass is 10.2. The normalized spacial score (nSPS) is 11.3. The number of halogens is 4. The molecule has 3 N–H and O–H groups in total. The van der Waals surface area contributed by atoms with Crippen molar-refractivity contribution >= 4 is 44.6 Å². The molecule has 33 heavy (non-hydrogen) atoms. The summed E-state index contributed by atoms with van der Waals surface area (Å²) in [6, 6.07) is 5.83. The minimum Gasteiger partial charge on any atom is -0.372 e. The maximum atomic E-state index is 14.8. The van der Waals surface area contributed by atoms with E-state index in [0.29, 0.717) is 24.5 Å². The SMILES string of the molecule is CNCCN(C)c1cc(F)ccc1Nc1cc(F)c(S(=O)(=O)Nc2ncc(F)cn2)cc1Cl. The molecule has 0 aliphatic carbocycles. The minimum absolute atomic E-state index is 0.0704. The van der Waals surface area contributed by atoms with Crippen LogP contribution in [0.3, 0.4) is 0 Å². The molecule has 0 amide bonds. The van der Waals surface area contributed by atoms with Gasteiger partial charge < -0.3 is 15.5 Å². The van der Waals surface area contributed by atoms with Crippen molar-refractivity contribution in [2.24, 2.45) is 0 Å². The molecule has 0 unspecified atom stereocenters. The molecule has 176 valence electrons. The van der Waals surface area contributed by atoms with E-state index in [1.165, 1.54) is 18.2 Å². The van der Waals surface area contributed by atoms with Crippen LogP contribution in [0.1, 0.15) is 0 Å². The van der Waals surface area contributed by atoms with Gasteiger partial charge in [0, 0.05) is 26.2 Å². The number of aromatic nitrogens is 2. The number of rotatable bonds is 9. The quantitative estimate of drug-likeness (QED) is 0.411. The average Bonchev–Trinajstić information content (AvgIpc) is 2.76. The third-order valence-corrected chi connectivity index (χ3v) is 6.15. The van der Waals surface area contributed by atoms with E-state index in [1.807, 2.05) is 4.72 Å². The lowest BCUT2D eigenvalue weighted by molar-refractivity contribution is 0.570. The second kappa shape index (κ2) is 10.2. The van der Waals surface area contributed by atoms with Crippen molar-refractivity contribution in [1.82, 2.24) is 15.3 Å².